The third-order valence-corrected chi connectivity index (χ3v) is 10.4. The Kier molecular flexibility index (Phi) is 21.8. The minimum absolute atomic E-state index is 0.0836. The van der Waals surface area contributed by atoms with Crippen LogP contribution >= 0.6 is 34.8 Å². The topological polar surface area (TPSA) is 238 Å². The molecule has 390 valence electrons. The highest BCUT2D eigenvalue weighted by Gasteiger charge is 2.54. The minimum Gasteiger partial charge on any atom is -0.461 e. The quantitative estimate of drug-likeness (QED) is 0.0373. The lowest BCUT2D eigenvalue weighted by Crippen LogP contribution is -2.63. The van der Waals surface area contributed by atoms with E-state index in [1.54, 1.807) is 93.6 Å². The zero-order chi connectivity index (χ0) is 53.0. The maximum absolute atomic E-state index is 13.9. The standard InChI is InChI=1S/C51H54Cl3N3O16/c1-50(2,3)73-49(65)57(28-25-38(58)55-26-24-40(60)68-32-51(52,53)54)30-39(59)56-27-29-66-48-43(72-47(64)36-22-14-7-15-23-36)42(71-46(63)35-20-12-6-13-21-35)41(70-45(62)34-18-10-5-11-19-34)37(69-48)31-67-44(61)33-16-8-4-9-17-33/h4-23,37,41-43,48H,24-32H2,1-3H3,(H,55,58)(H,56,59)/t37-,41+,42+,43-,48-/m1/s1. The van der Waals surface area contributed by atoms with Gasteiger partial charge in [-0.1, -0.05) is 108 Å². The summed E-state index contributed by atoms with van der Waals surface area (Å²) in [7, 11) is 0. The highest BCUT2D eigenvalue weighted by molar-refractivity contribution is 6.67. The molecule has 0 radical (unpaired) electrons. The molecule has 1 saturated heterocycles. The maximum Gasteiger partial charge on any atom is 0.410 e. The van der Waals surface area contributed by atoms with Crippen LogP contribution in [0, 0.1) is 0 Å². The highest BCUT2D eigenvalue weighted by atomic mass is 35.6. The van der Waals surface area contributed by atoms with Crippen LogP contribution < -0.4 is 10.6 Å². The van der Waals surface area contributed by atoms with Crippen LogP contribution in [0.5, 0.6) is 0 Å². The molecular formula is C51H54Cl3N3O16. The van der Waals surface area contributed by atoms with Crippen LogP contribution in [-0.2, 0) is 52.3 Å². The van der Waals surface area contributed by atoms with Crippen LogP contribution in [0.15, 0.2) is 121 Å². The van der Waals surface area contributed by atoms with Crippen LogP contribution in [0.1, 0.15) is 75.0 Å². The number of nitrogens with one attached hydrogen (secondary N) is 2. The second kappa shape index (κ2) is 27.9. The molecule has 1 heterocycles. The molecule has 1 aliphatic rings. The summed E-state index contributed by atoms with van der Waals surface area (Å²) < 4.78 is 44.8. The number of alkyl halides is 3. The predicted octanol–water partition coefficient (Wildman–Crippen LogP) is 6.42. The lowest BCUT2D eigenvalue weighted by atomic mass is 9.97. The third kappa shape index (κ3) is 19.6. The van der Waals surface area contributed by atoms with Gasteiger partial charge in [0.2, 0.25) is 15.6 Å². The second-order valence-corrected chi connectivity index (χ2v) is 19.5. The predicted molar refractivity (Wildman–Crippen MR) is 263 cm³/mol. The van der Waals surface area contributed by atoms with E-state index in [1.165, 1.54) is 48.5 Å². The van der Waals surface area contributed by atoms with E-state index >= 15 is 0 Å². The minimum atomic E-state index is -1.81. The monoisotopic (exact) mass is 1070 g/mol. The van der Waals surface area contributed by atoms with E-state index in [0.717, 1.165) is 4.90 Å². The summed E-state index contributed by atoms with van der Waals surface area (Å²) in [4.78, 5) is 107. The lowest BCUT2D eigenvalue weighted by Gasteiger charge is -2.44. The summed E-state index contributed by atoms with van der Waals surface area (Å²) in [5.41, 5.74) is -0.515. The molecule has 0 aliphatic carbocycles. The van der Waals surface area contributed by atoms with Crippen molar-refractivity contribution in [1.29, 1.82) is 0 Å². The van der Waals surface area contributed by atoms with Crippen molar-refractivity contribution < 1.29 is 76.3 Å². The molecule has 0 saturated carbocycles. The fourth-order valence-corrected chi connectivity index (χ4v) is 6.84. The first-order chi connectivity index (χ1) is 34.8. The number of carbonyl (C=O) groups excluding carboxylic acids is 8. The van der Waals surface area contributed by atoms with Gasteiger partial charge in [0, 0.05) is 26.1 Å². The Labute approximate surface area is 435 Å². The van der Waals surface area contributed by atoms with Gasteiger partial charge in [0.1, 0.15) is 31.5 Å². The zero-order valence-electron chi connectivity index (χ0n) is 39.9. The number of ether oxygens (including phenoxy) is 8. The Bertz CT molecular complexity index is 2480. The van der Waals surface area contributed by atoms with E-state index in [0.29, 0.717) is 0 Å². The van der Waals surface area contributed by atoms with Gasteiger partial charge in [0.15, 0.2) is 24.6 Å². The zero-order valence-corrected chi connectivity index (χ0v) is 42.2. The molecule has 5 rings (SSSR count). The molecule has 4 aromatic carbocycles. The SMILES string of the molecule is CC(C)(C)OC(=O)N(CCC(=O)NCCC(=O)OCC(Cl)(Cl)Cl)CC(=O)NCCO[C@@H]1O[C@H](COC(=O)c2ccccc2)[C@H](OC(=O)c2ccccc2)[C@H](OC(=O)c2ccccc2)[C@H]1OC(=O)c1ccccc1. The summed E-state index contributed by atoms with van der Waals surface area (Å²) in [6.45, 7) is 2.15. The van der Waals surface area contributed by atoms with Gasteiger partial charge in [0.05, 0.1) is 35.3 Å². The van der Waals surface area contributed by atoms with Crippen molar-refractivity contribution in [3.8, 4) is 0 Å². The number of benzene rings is 4. The van der Waals surface area contributed by atoms with E-state index in [1.807, 2.05) is 0 Å². The molecule has 4 aromatic rings. The fourth-order valence-electron chi connectivity index (χ4n) is 6.68. The van der Waals surface area contributed by atoms with E-state index in [2.05, 4.69) is 10.6 Å². The highest BCUT2D eigenvalue weighted by Crippen LogP contribution is 2.32. The lowest BCUT2D eigenvalue weighted by molar-refractivity contribution is -0.297. The number of amides is 3. The number of hydrogen-bond acceptors (Lipinski definition) is 16. The molecule has 0 aromatic heterocycles. The Balaban J connectivity index is 1.36. The second-order valence-electron chi connectivity index (χ2n) is 17.0. The van der Waals surface area contributed by atoms with Crippen LogP contribution in [0.25, 0.3) is 0 Å². The van der Waals surface area contributed by atoms with E-state index in [-0.39, 0.29) is 61.3 Å². The number of halogens is 3. The van der Waals surface area contributed by atoms with Gasteiger partial charge < -0.3 is 48.5 Å². The van der Waals surface area contributed by atoms with Crippen molar-refractivity contribution in [3.05, 3.63) is 144 Å². The van der Waals surface area contributed by atoms with Gasteiger partial charge in [-0.2, -0.15) is 0 Å². The molecule has 1 fully saturated rings. The largest absolute Gasteiger partial charge is 0.461 e. The molecule has 73 heavy (non-hydrogen) atoms. The van der Waals surface area contributed by atoms with Gasteiger partial charge in [-0.25, -0.2) is 24.0 Å². The van der Waals surface area contributed by atoms with Crippen LogP contribution in [0.3, 0.4) is 0 Å². The van der Waals surface area contributed by atoms with Crippen LogP contribution in [-0.4, -0.2) is 139 Å². The van der Waals surface area contributed by atoms with Crippen LogP contribution in [0.2, 0.25) is 0 Å². The van der Waals surface area contributed by atoms with E-state index in [4.69, 9.17) is 72.7 Å². The summed E-state index contributed by atoms with van der Waals surface area (Å²) in [6, 6.07) is 31.5. The first-order valence-electron chi connectivity index (χ1n) is 22.8. The number of esters is 5. The Hall–Kier alpha value is -6.77. The molecule has 0 unspecified atom stereocenters. The van der Waals surface area contributed by atoms with Gasteiger partial charge in [0.25, 0.3) is 0 Å². The van der Waals surface area contributed by atoms with Crippen molar-refractivity contribution in [2.24, 2.45) is 0 Å². The summed E-state index contributed by atoms with van der Waals surface area (Å²) in [5, 5.41) is 5.13. The summed E-state index contributed by atoms with van der Waals surface area (Å²) in [6.07, 6.45) is -9.53. The van der Waals surface area contributed by atoms with Crippen LogP contribution in [0.4, 0.5) is 4.79 Å². The van der Waals surface area contributed by atoms with E-state index < -0.39 is 108 Å². The van der Waals surface area contributed by atoms with E-state index in [9.17, 15) is 38.4 Å². The Morgan fingerprint density at radius 2 is 1.04 bits per heavy atom. The molecule has 19 nitrogen and oxygen atoms in total. The van der Waals surface area contributed by atoms with Gasteiger partial charge in [-0.15, -0.1) is 0 Å². The average molecular weight is 1070 g/mol. The van der Waals surface area contributed by atoms with Crippen molar-refractivity contribution >= 4 is 82.6 Å². The molecule has 0 spiro atoms. The smallest absolute Gasteiger partial charge is 0.410 e. The van der Waals surface area contributed by atoms with Gasteiger partial charge >= 0.3 is 35.9 Å². The molecular weight excluding hydrogens is 1020 g/mol. The summed E-state index contributed by atoms with van der Waals surface area (Å²) in [5.74, 6) is -5.49. The Morgan fingerprint density at radius 3 is 1.53 bits per heavy atom. The normalized spacial score (nSPS) is 17.4. The van der Waals surface area contributed by atoms with Crippen molar-refractivity contribution in [2.75, 3.05) is 46.0 Å². The number of hydrogen-bond donors (Lipinski definition) is 2. The average Bonchev–Trinajstić information content (AvgIpc) is 3.36. The molecule has 5 atom stereocenters. The third-order valence-electron chi connectivity index (χ3n) is 10.1. The maximum atomic E-state index is 13.9. The molecule has 22 heteroatoms. The van der Waals surface area contributed by atoms with Crippen molar-refractivity contribution in [1.82, 2.24) is 15.5 Å². The molecule has 3 amide bonds. The number of nitrogens with zero attached hydrogens (tertiary/aromatic N) is 1. The number of carbonyl (C=O) groups is 8. The summed E-state index contributed by atoms with van der Waals surface area (Å²) >= 11 is 16.8. The van der Waals surface area contributed by atoms with Crippen molar-refractivity contribution in [3.63, 3.8) is 0 Å². The fraction of sp³-hybridized carbons (Fsp3) is 0.373. The molecule has 0 bridgehead atoms. The van der Waals surface area contributed by atoms with Gasteiger partial charge in [-0.3, -0.25) is 19.3 Å². The first-order valence-corrected chi connectivity index (χ1v) is 23.9. The molecule has 1 aliphatic heterocycles. The Morgan fingerprint density at radius 1 is 0.575 bits per heavy atom. The first kappa shape index (κ1) is 57.1. The number of rotatable bonds is 22. The van der Waals surface area contributed by atoms with Crippen molar-refractivity contribution in [2.45, 2.75) is 73.7 Å². The van der Waals surface area contributed by atoms with Gasteiger partial charge in [-0.05, 0) is 69.3 Å². The molecule has 2 N–H and O–H groups in total.